The molecule has 20 heavy (non-hydrogen) atoms. The summed E-state index contributed by atoms with van der Waals surface area (Å²) in [6.07, 6.45) is 1.98. The molecule has 1 heterocycles. The summed E-state index contributed by atoms with van der Waals surface area (Å²) in [5.74, 6) is 0.686. The molecule has 0 bridgehead atoms. The summed E-state index contributed by atoms with van der Waals surface area (Å²) in [4.78, 5) is 0.758. The highest BCUT2D eigenvalue weighted by Crippen LogP contribution is 2.26. The van der Waals surface area contributed by atoms with Crippen LogP contribution >= 0.6 is 0 Å². The van der Waals surface area contributed by atoms with Crippen molar-refractivity contribution in [1.29, 1.82) is 0 Å². The van der Waals surface area contributed by atoms with Crippen LogP contribution in [0.25, 0.3) is 0 Å². The number of rotatable bonds is 6. The zero-order valence-corrected chi connectivity index (χ0v) is 12.9. The van der Waals surface area contributed by atoms with Crippen LogP contribution in [0.15, 0.2) is 29.2 Å². The Morgan fingerprint density at radius 3 is 3.00 bits per heavy atom. The van der Waals surface area contributed by atoms with Crippen LogP contribution in [0.5, 0.6) is 5.75 Å². The van der Waals surface area contributed by atoms with E-state index >= 15 is 0 Å². The van der Waals surface area contributed by atoms with E-state index in [1.807, 2.05) is 24.3 Å². The number of nitrogens with one attached hydrogen (secondary N) is 1. The monoisotopic (exact) mass is 297 g/mol. The molecule has 0 saturated carbocycles. The molecule has 0 radical (unpaired) electrons. The minimum Gasteiger partial charge on any atom is -0.495 e. The van der Waals surface area contributed by atoms with E-state index in [-0.39, 0.29) is 11.3 Å². The SMILES string of the molecule is CCCNC1CCOCC1S(=O)c1ccccc1OC. The third-order valence-corrected chi connectivity index (χ3v) is 5.31. The quantitative estimate of drug-likeness (QED) is 0.872. The summed E-state index contributed by atoms with van der Waals surface area (Å²) in [5, 5.41) is 3.47. The molecule has 3 atom stereocenters. The predicted molar refractivity (Wildman–Crippen MR) is 80.7 cm³/mol. The third kappa shape index (κ3) is 3.59. The fourth-order valence-electron chi connectivity index (χ4n) is 2.43. The van der Waals surface area contributed by atoms with Crippen LogP contribution in [0.4, 0.5) is 0 Å². The van der Waals surface area contributed by atoms with Gasteiger partial charge in [0.1, 0.15) is 5.75 Å². The summed E-state index contributed by atoms with van der Waals surface area (Å²) in [5.41, 5.74) is 0. The molecular formula is C15H23NO3S. The predicted octanol–water partition coefficient (Wildman–Crippen LogP) is 1.96. The Labute approximate surface area is 123 Å². The van der Waals surface area contributed by atoms with E-state index in [1.54, 1.807) is 7.11 Å². The number of benzene rings is 1. The molecule has 4 nitrogen and oxygen atoms in total. The van der Waals surface area contributed by atoms with Gasteiger partial charge in [0.05, 0.1) is 34.7 Å². The minimum absolute atomic E-state index is 0.0217. The Kier molecular flexibility index (Phi) is 6.01. The Morgan fingerprint density at radius 2 is 2.25 bits per heavy atom. The van der Waals surface area contributed by atoms with Crippen molar-refractivity contribution in [2.75, 3.05) is 26.9 Å². The summed E-state index contributed by atoms with van der Waals surface area (Å²) in [6.45, 7) is 4.36. The third-order valence-electron chi connectivity index (χ3n) is 3.52. The van der Waals surface area contributed by atoms with Crippen LogP contribution < -0.4 is 10.1 Å². The van der Waals surface area contributed by atoms with E-state index < -0.39 is 10.8 Å². The molecule has 1 aliphatic rings. The molecule has 112 valence electrons. The van der Waals surface area contributed by atoms with E-state index in [0.717, 1.165) is 30.9 Å². The van der Waals surface area contributed by atoms with Crippen molar-refractivity contribution in [2.45, 2.75) is 36.0 Å². The fourth-order valence-corrected chi connectivity index (χ4v) is 4.07. The van der Waals surface area contributed by atoms with Crippen LogP contribution in [0.1, 0.15) is 19.8 Å². The highest BCUT2D eigenvalue weighted by molar-refractivity contribution is 7.86. The first kappa shape index (κ1) is 15.5. The molecule has 0 amide bonds. The molecule has 1 N–H and O–H groups in total. The van der Waals surface area contributed by atoms with E-state index in [4.69, 9.17) is 9.47 Å². The van der Waals surface area contributed by atoms with Gasteiger partial charge in [0.25, 0.3) is 0 Å². The number of methoxy groups -OCH3 is 1. The Bertz CT molecular complexity index is 452. The molecule has 1 fully saturated rings. The second-order valence-corrected chi connectivity index (χ2v) is 6.55. The van der Waals surface area contributed by atoms with Gasteiger partial charge in [-0.25, -0.2) is 0 Å². The largest absolute Gasteiger partial charge is 0.495 e. The topological polar surface area (TPSA) is 47.6 Å². The minimum atomic E-state index is -1.13. The van der Waals surface area contributed by atoms with Crippen LogP contribution in [0.2, 0.25) is 0 Å². The summed E-state index contributed by atoms with van der Waals surface area (Å²) < 4.78 is 23.7. The van der Waals surface area contributed by atoms with Crippen LogP contribution in [0, 0.1) is 0 Å². The first-order valence-electron chi connectivity index (χ1n) is 7.12. The van der Waals surface area contributed by atoms with Crippen LogP contribution in [-0.2, 0) is 15.5 Å². The van der Waals surface area contributed by atoms with Crippen molar-refractivity contribution in [3.05, 3.63) is 24.3 Å². The average molecular weight is 297 g/mol. The van der Waals surface area contributed by atoms with Crippen molar-refractivity contribution in [3.8, 4) is 5.75 Å². The molecule has 1 aromatic carbocycles. The van der Waals surface area contributed by atoms with Crippen molar-refractivity contribution in [3.63, 3.8) is 0 Å². The highest BCUT2D eigenvalue weighted by atomic mass is 32.2. The van der Waals surface area contributed by atoms with Gasteiger partial charge in [-0.1, -0.05) is 19.1 Å². The molecule has 1 saturated heterocycles. The van der Waals surface area contributed by atoms with Gasteiger partial charge in [0.15, 0.2) is 0 Å². The standard InChI is InChI=1S/C15H23NO3S/c1-3-9-16-12-8-10-19-11-15(12)20(17)14-7-5-4-6-13(14)18-2/h4-7,12,15-16H,3,8-11H2,1-2H3. The molecule has 0 aliphatic carbocycles. The van der Waals surface area contributed by atoms with Gasteiger partial charge in [-0.3, -0.25) is 4.21 Å². The lowest BCUT2D eigenvalue weighted by atomic mass is 10.1. The number of para-hydroxylation sites is 1. The molecule has 2 rings (SSSR count). The van der Waals surface area contributed by atoms with Crippen molar-refractivity contribution >= 4 is 10.8 Å². The van der Waals surface area contributed by atoms with Gasteiger partial charge in [0.2, 0.25) is 0 Å². The number of ether oxygens (including phenoxy) is 2. The van der Waals surface area contributed by atoms with Gasteiger partial charge >= 0.3 is 0 Å². The smallest absolute Gasteiger partial charge is 0.134 e. The average Bonchev–Trinajstić information content (AvgIpc) is 2.52. The summed E-state index contributed by atoms with van der Waals surface area (Å²) in [6, 6.07) is 7.76. The zero-order chi connectivity index (χ0) is 14.4. The Morgan fingerprint density at radius 1 is 1.45 bits per heavy atom. The highest BCUT2D eigenvalue weighted by Gasteiger charge is 2.32. The first-order chi connectivity index (χ1) is 9.77. The molecule has 0 spiro atoms. The van der Waals surface area contributed by atoms with Gasteiger partial charge in [-0.05, 0) is 31.5 Å². The van der Waals surface area contributed by atoms with E-state index in [2.05, 4.69) is 12.2 Å². The fraction of sp³-hybridized carbons (Fsp3) is 0.600. The van der Waals surface area contributed by atoms with Gasteiger partial charge < -0.3 is 14.8 Å². The molecular weight excluding hydrogens is 274 g/mol. The van der Waals surface area contributed by atoms with Crippen molar-refractivity contribution < 1.29 is 13.7 Å². The van der Waals surface area contributed by atoms with Crippen molar-refractivity contribution in [1.82, 2.24) is 5.32 Å². The molecule has 0 aromatic heterocycles. The number of hydrogen-bond donors (Lipinski definition) is 1. The van der Waals surface area contributed by atoms with E-state index in [1.165, 1.54) is 0 Å². The normalized spacial score (nSPS) is 24.3. The number of hydrogen-bond acceptors (Lipinski definition) is 4. The van der Waals surface area contributed by atoms with E-state index in [9.17, 15) is 4.21 Å². The molecule has 3 unspecified atom stereocenters. The van der Waals surface area contributed by atoms with Crippen molar-refractivity contribution in [2.24, 2.45) is 0 Å². The van der Waals surface area contributed by atoms with E-state index in [0.29, 0.717) is 12.4 Å². The first-order valence-corrected chi connectivity index (χ1v) is 8.34. The Hall–Kier alpha value is -0.910. The lowest BCUT2D eigenvalue weighted by Crippen LogP contribution is -2.48. The van der Waals surface area contributed by atoms with Gasteiger partial charge in [0, 0.05) is 12.6 Å². The molecule has 1 aliphatic heterocycles. The lowest BCUT2D eigenvalue weighted by molar-refractivity contribution is 0.0820. The molecule has 5 heteroatoms. The van der Waals surface area contributed by atoms with Gasteiger partial charge in [-0.15, -0.1) is 0 Å². The summed E-state index contributed by atoms with van der Waals surface area (Å²) in [7, 11) is 0.484. The van der Waals surface area contributed by atoms with Crippen LogP contribution in [0.3, 0.4) is 0 Å². The maximum absolute atomic E-state index is 12.9. The molecule has 1 aromatic rings. The maximum Gasteiger partial charge on any atom is 0.134 e. The maximum atomic E-state index is 12.9. The lowest BCUT2D eigenvalue weighted by Gasteiger charge is -2.31. The Balaban J connectivity index is 2.16. The van der Waals surface area contributed by atoms with Crippen LogP contribution in [-0.4, -0.2) is 42.4 Å². The van der Waals surface area contributed by atoms with Gasteiger partial charge in [-0.2, -0.15) is 0 Å². The second-order valence-electron chi connectivity index (χ2n) is 4.91. The summed E-state index contributed by atoms with van der Waals surface area (Å²) >= 11 is 0. The zero-order valence-electron chi connectivity index (χ0n) is 12.1. The second kappa shape index (κ2) is 7.76.